The van der Waals surface area contributed by atoms with Crippen molar-refractivity contribution in [2.24, 2.45) is 0 Å². The van der Waals surface area contributed by atoms with E-state index in [4.69, 9.17) is 18.6 Å². The average molecular weight is 694 g/mol. The summed E-state index contributed by atoms with van der Waals surface area (Å²) in [5, 5.41) is 12.1. The molecule has 49 heavy (non-hydrogen) atoms. The first-order chi connectivity index (χ1) is 23.1. The van der Waals surface area contributed by atoms with E-state index >= 15 is 4.39 Å². The van der Waals surface area contributed by atoms with Crippen LogP contribution in [-0.2, 0) is 20.4 Å². The van der Waals surface area contributed by atoms with Crippen LogP contribution in [0.15, 0.2) is 55.1 Å². The molecule has 1 aliphatic rings. The molecule has 1 N–H and O–H groups in total. The molecule has 1 amide bonds. The van der Waals surface area contributed by atoms with Gasteiger partial charge in [0.15, 0.2) is 20.4 Å². The first kappa shape index (κ1) is 36.1. The van der Waals surface area contributed by atoms with Gasteiger partial charge in [0.1, 0.15) is 17.0 Å². The summed E-state index contributed by atoms with van der Waals surface area (Å²) in [5.41, 5.74) is 1.90. The molecule has 12 nitrogen and oxygen atoms in total. The molecule has 1 aliphatic heterocycles. The van der Waals surface area contributed by atoms with Crippen LogP contribution in [0, 0.1) is 5.82 Å². The predicted molar refractivity (Wildman–Crippen MR) is 186 cm³/mol. The van der Waals surface area contributed by atoms with Gasteiger partial charge in [-0.05, 0) is 88.5 Å². The zero-order chi connectivity index (χ0) is 35.4. The molecule has 1 saturated heterocycles. The Morgan fingerprint density at radius 2 is 1.88 bits per heavy atom. The van der Waals surface area contributed by atoms with E-state index in [1.807, 2.05) is 39.1 Å². The number of hydrogen-bond donors (Lipinski definition) is 1. The molecule has 0 spiro atoms. The van der Waals surface area contributed by atoms with Gasteiger partial charge in [-0.2, -0.15) is 10.2 Å². The molecule has 2 atom stereocenters. The Balaban J connectivity index is 1.24. The Hall–Kier alpha value is -4.14. The highest BCUT2D eigenvalue weighted by Gasteiger charge is 2.38. The number of alkyl carbamates (subject to hydrolysis) is 1. The fourth-order valence-corrected chi connectivity index (χ4v) is 6.05. The number of carbonyl (C=O) groups is 1. The average Bonchev–Trinajstić information content (AvgIpc) is 3.71. The highest BCUT2D eigenvalue weighted by Crippen LogP contribution is 2.36. The lowest BCUT2D eigenvalue weighted by Crippen LogP contribution is -2.48. The monoisotopic (exact) mass is 693 g/mol. The van der Waals surface area contributed by atoms with E-state index < -0.39 is 25.8 Å². The number of carbonyl (C=O) groups excluding carboxylic acids is 1. The third-order valence-electron chi connectivity index (χ3n) is 8.64. The van der Waals surface area contributed by atoms with Gasteiger partial charge in [0.2, 0.25) is 0 Å². The Kier molecular flexibility index (Phi) is 10.9. The number of aromatic nitrogens is 6. The minimum Gasteiger partial charge on any atom is -0.444 e. The van der Waals surface area contributed by atoms with Gasteiger partial charge >= 0.3 is 6.09 Å². The van der Waals surface area contributed by atoms with Gasteiger partial charge in [0.05, 0.1) is 36.8 Å². The minimum atomic E-state index is -2.07. The molecule has 4 aromatic rings. The second kappa shape index (κ2) is 14.8. The highest BCUT2D eigenvalue weighted by atomic mass is 28.4. The lowest BCUT2D eigenvalue weighted by atomic mass is 10.1. The van der Waals surface area contributed by atoms with Crippen molar-refractivity contribution in [2.45, 2.75) is 103 Å². The van der Waals surface area contributed by atoms with E-state index in [1.54, 1.807) is 33.9 Å². The van der Waals surface area contributed by atoms with Crippen LogP contribution in [0.2, 0.25) is 18.1 Å². The molecule has 0 aromatic carbocycles. The largest absolute Gasteiger partial charge is 0.444 e. The number of ether oxygens (including phenoxy) is 3. The normalized spacial score (nSPS) is 16.3. The second-order valence-corrected chi connectivity index (χ2v) is 19.6. The van der Waals surface area contributed by atoms with E-state index in [-0.39, 0.29) is 23.2 Å². The van der Waals surface area contributed by atoms with Crippen LogP contribution in [0.1, 0.15) is 67.0 Å². The Bertz CT molecular complexity index is 1710. The smallest absolute Gasteiger partial charge is 0.408 e. The topological polar surface area (TPSA) is 127 Å². The summed E-state index contributed by atoms with van der Waals surface area (Å²) in [6, 6.07) is 8.09. The van der Waals surface area contributed by atoms with E-state index in [9.17, 15) is 4.79 Å². The van der Waals surface area contributed by atoms with Crippen molar-refractivity contribution in [3.05, 3.63) is 60.9 Å². The van der Waals surface area contributed by atoms with Crippen molar-refractivity contribution in [3.63, 3.8) is 0 Å². The maximum Gasteiger partial charge on any atom is 0.408 e. The molecule has 0 saturated carbocycles. The molecular weight excluding hydrogens is 646 g/mol. The van der Waals surface area contributed by atoms with Crippen LogP contribution < -0.4 is 10.1 Å². The highest BCUT2D eigenvalue weighted by molar-refractivity contribution is 6.74. The molecule has 4 aromatic heterocycles. The summed E-state index contributed by atoms with van der Waals surface area (Å²) < 4.78 is 42.2. The molecule has 5 heterocycles. The molecule has 0 radical (unpaired) electrons. The first-order valence-electron chi connectivity index (χ1n) is 16.7. The molecule has 0 bridgehead atoms. The zero-order valence-corrected chi connectivity index (χ0v) is 30.7. The number of hydrogen-bond acceptors (Lipinski definition) is 9. The van der Waals surface area contributed by atoms with Gasteiger partial charge in [-0.3, -0.25) is 9.67 Å². The predicted octanol–water partition coefficient (Wildman–Crippen LogP) is 7.75. The molecular formula is C35H48FN7O5Si. The Labute approximate surface area is 288 Å². The number of nitrogens with zero attached hydrogens (tertiary/aromatic N) is 6. The van der Waals surface area contributed by atoms with Crippen LogP contribution in [0.25, 0.3) is 22.6 Å². The van der Waals surface area contributed by atoms with Crippen LogP contribution in [-0.4, -0.2) is 68.8 Å². The molecule has 5 rings (SSSR count). The quantitative estimate of drug-likeness (QED) is 0.157. The van der Waals surface area contributed by atoms with E-state index in [0.717, 1.165) is 25.0 Å². The van der Waals surface area contributed by atoms with E-state index in [1.165, 1.54) is 12.3 Å². The Morgan fingerprint density at radius 1 is 1.08 bits per heavy atom. The van der Waals surface area contributed by atoms with Crippen molar-refractivity contribution in [3.8, 4) is 34.3 Å². The van der Waals surface area contributed by atoms with Gasteiger partial charge in [-0.1, -0.05) is 20.8 Å². The summed E-state index contributed by atoms with van der Waals surface area (Å²) in [5.74, 6) is -0.442. The lowest BCUT2D eigenvalue weighted by Gasteiger charge is -2.37. The van der Waals surface area contributed by atoms with Crippen molar-refractivity contribution in [2.75, 3.05) is 13.2 Å². The summed E-state index contributed by atoms with van der Waals surface area (Å²) in [7, 11) is -2.07. The van der Waals surface area contributed by atoms with Gasteiger partial charge in [-0.15, -0.1) is 0 Å². The maximum absolute atomic E-state index is 15.2. The van der Waals surface area contributed by atoms with E-state index in [0.29, 0.717) is 42.5 Å². The number of rotatable bonds is 11. The van der Waals surface area contributed by atoms with Crippen molar-refractivity contribution >= 4 is 14.4 Å². The molecule has 14 heteroatoms. The molecule has 264 valence electrons. The summed E-state index contributed by atoms with van der Waals surface area (Å²) >= 11 is 0. The van der Waals surface area contributed by atoms with Crippen molar-refractivity contribution in [1.82, 2.24) is 34.8 Å². The van der Waals surface area contributed by atoms with Crippen LogP contribution in [0.4, 0.5) is 9.18 Å². The van der Waals surface area contributed by atoms with Gasteiger partial charge in [0.25, 0.3) is 5.88 Å². The van der Waals surface area contributed by atoms with E-state index in [2.05, 4.69) is 59.3 Å². The number of halogens is 1. The molecule has 1 unspecified atom stereocenters. The standard InChI is InChI=1S/C35H48FN7O5Si/c1-34(2,3)48-33(44)40-25(23-46-49(7,8)35(4,5)6)22-42-17-15-29(41-42)28-13-12-26(21-37-28)47-32-27(36)19-24(20-38-32)30-14-16-39-43(30)31-11-9-10-18-45-31/h12-17,19-21,25,31H,9-11,18,22-23H2,1-8H3,(H,40,44)/t25-,31?/m0/s1. The fourth-order valence-electron chi connectivity index (χ4n) is 5.00. The van der Waals surface area contributed by atoms with Gasteiger partial charge in [-0.25, -0.2) is 18.9 Å². The molecule has 1 fully saturated rings. The van der Waals surface area contributed by atoms with Gasteiger partial charge in [0, 0.05) is 30.8 Å². The minimum absolute atomic E-state index is 0.0177. The molecule has 0 aliphatic carbocycles. The summed E-state index contributed by atoms with van der Waals surface area (Å²) in [6.07, 6.45) is 8.81. The van der Waals surface area contributed by atoms with Gasteiger partial charge < -0.3 is 24.0 Å². The van der Waals surface area contributed by atoms with Crippen molar-refractivity contribution in [1.29, 1.82) is 0 Å². The SMILES string of the molecule is CC(C)(C)OC(=O)N[C@H](CO[Si](C)(C)C(C)(C)C)Cn1ccc(-c2ccc(Oc3ncc(-c4ccnn4C4CCCCO4)cc3F)cn2)n1. The third kappa shape index (κ3) is 9.52. The van der Waals surface area contributed by atoms with Crippen LogP contribution in [0.3, 0.4) is 0 Å². The van der Waals surface area contributed by atoms with Crippen molar-refractivity contribution < 1.29 is 27.8 Å². The van der Waals surface area contributed by atoms with Crippen LogP contribution >= 0.6 is 0 Å². The number of amides is 1. The Morgan fingerprint density at radius 3 is 2.53 bits per heavy atom. The summed E-state index contributed by atoms with van der Waals surface area (Å²) in [4.78, 5) is 21.4. The third-order valence-corrected chi connectivity index (χ3v) is 13.1. The van der Waals surface area contributed by atoms with Crippen LogP contribution in [0.5, 0.6) is 11.6 Å². The number of pyridine rings is 2. The number of nitrogens with one attached hydrogen (secondary N) is 1. The second-order valence-electron chi connectivity index (χ2n) is 14.8. The fraction of sp³-hybridized carbons (Fsp3) is 0.514. The summed E-state index contributed by atoms with van der Waals surface area (Å²) in [6.45, 7) is 17.7. The maximum atomic E-state index is 15.2. The zero-order valence-electron chi connectivity index (χ0n) is 29.7. The lowest BCUT2D eigenvalue weighted by molar-refractivity contribution is -0.0383. The first-order valence-corrected chi connectivity index (χ1v) is 19.6.